The zero-order valence-corrected chi connectivity index (χ0v) is 11.2. The summed E-state index contributed by atoms with van der Waals surface area (Å²) in [4.78, 5) is 11.4. The first-order valence-electron chi connectivity index (χ1n) is 5.45. The maximum absolute atomic E-state index is 11.4. The summed E-state index contributed by atoms with van der Waals surface area (Å²) in [5, 5.41) is 5.67. The van der Waals surface area contributed by atoms with Gasteiger partial charge in [0.25, 0.3) is 0 Å². The van der Waals surface area contributed by atoms with Crippen LogP contribution in [0.3, 0.4) is 0 Å². The number of hydrogen-bond donors (Lipinski definition) is 2. The molecule has 0 saturated heterocycles. The lowest BCUT2D eigenvalue weighted by Crippen LogP contribution is -2.43. The van der Waals surface area contributed by atoms with Crippen LogP contribution in [0.1, 0.15) is 27.2 Å². The zero-order chi connectivity index (χ0) is 12.8. The molecule has 2 N–H and O–H groups in total. The van der Waals surface area contributed by atoms with E-state index in [4.69, 9.17) is 0 Å². The maximum atomic E-state index is 11.4. The van der Waals surface area contributed by atoms with Crippen LogP contribution in [0.5, 0.6) is 0 Å². The van der Waals surface area contributed by atoms with Crippen molar-refractivity contribution in [2.24, 2.45) is 0 Å². The molecule has 0 heterocycles. The number of amides is 1. The number of sulfone groups is 1. The molecule has 0 aliphatic heterocycles. The third-order valence-corrected chi connectivity index (χ3v) is 3.29. The van der Waals surface area contributed by atoms with Crippen LogP contribution in [0.4, 0.5) is 0 Å². The fourth-order valence-corrected chi connectivity index (χ4v) is 2.22. The fourth-order valence-electron chi connectivity index (χ4n) is 1.23. The highest BCUT2D eigenvalue weighted by atomic mass is 32.2. The lowest BCUT2D eigenvalue weighted by atomic mass is 10.2. The Balaban J connectivity index is 3.88. The monoisotopic (exact) mass is 250 g/mol. The Morgan fingerprint density at radius 2 is 1.81 bits per heavy atom. The van der Waals surface area contributed by atoms with Gasteiger partial charge in [0, 0.05) is 18.3 Å². The smallest absolute Gasteiger partial charge is 0.234 e. The van der Waals surface area contributed by atoms with Gasteiger partial charge in [-0.25, -0.2) is 8.42 Å². The van der Waals surface area contributed by atoms with E-state index in [9.17, 15) is 13.2 Å². The van der Waals surface area contributed by atoms with Crippen LogP contribution in [-0.4, -0.2) is 45.0 Å². The van der Waals surface area contributed by atoms with Crippen molar-refractivity contribution in [3.8, 4) is 0 Å². The largest absolute Gasteiger partial charge is 0.352 e. The van der Waals surface area contributed by atoms with E-state index >= 15 is 0 Å². The molecule has 1 amide bonds. The SMILES string of the molecule is CCC(C)NCC(=O)NC(C)CS(C)(=O)=O. The van der Waals surface area contributed by atoms with E-state index in [2.05, 4.69) is 10.6 Å². The molecule has 0 aromatic heterocycles. The molecule has 0 aliphatic carbocycles. The van der Waals surface area contributed by atoms with E-state index in [-0.39, 0.29) is 30.3 Å². The van der Waals surface area contributed by atoms with Gasteiger partial charge in [0.15, 0.2) is 0 Å². The van der Waals surface area contributed by atoms with Gasteiger partial charge in [-0.3, -0.25) is 4.79 Å². The Morgan fingerprint density at radius 1 is 1.25 bits per heavy atom. The molecule has 0 rings (SSSR count). The fraction of sp³-hybridized carbons (Fsp3) is 0.900. The summed E-state index contributed by atoms with van der Waals surface area (Å²) in [6.07, 6.45) is 2.11. The second-order valence-electron chi connectivity index (χ2n) is 4.25. The van der Waals surface area contributed by atoms with Crippen LogP contribution in [-0.2, 0) is 14.6 Å². The number of nitrogens with one attached hydrogen (secondary N) is 2. The van der Waals surface area contributed by atoms with Crippen molar-refractivity contribution in [1.82, 2.24) is 10.6 Å². The summed E-state index contributed by atoms with van der Waals surface area (Å²) >= 11 is 0. The number of carbonyl (C=O) groups is 1. The van der Waals surface area contributed by atoms with E-state index in [1.807, 2.05) is 13.8 Å². The molecule has 0 spiro atoms. The first-order chi connectivity index (χ1) is 7.24. The highest BCUT2D eigenvalue weighted by Crippen LogP contribution is 1.90. The van der Waals surface area contributed by atoms with Gasteiger partial charge >= 0.3 is 0 Å². The van der Waals surface area contributed by atoms with Crippen LogP contribution in [0.2, 0.25) is 0 Å². The molecular formula is C10H22N2O3S. The lowest BCUT2D eigenvalue weighted by Gasteiger charge is -2.15. The molecule has 16 heavy (non-hydrogen) atoms. The molecule has 0 aromatic rings. The standard InChI is InChI=1S/C10H22N2O3S/c1-5-8(2)11-6-10(13)12-9(3)7-16(4,14)15/h8-9,11H,5-7H2,1-4H3,(H,12,13). The predicted octanol–water partition coefficient (Wildman–Crippen LogP) is -0.0762. The molecule has 0 aliphatic rings. The molecule has 0 saturated carbocycles. The second-order valence-corrected chi connectivity index (χ2v) is 6.44. The minimum Gasteiger partial charge on any atom is -0.352 e. The lowest BCUT2D eigenvalue weighted by molar-refractivity contribution is -0.120. The molecule has 5 nitrogen and oxygen atoms in total. The van der Waals surface area contributed by atoms with Crippen LogP contribution in [0.15, 0.2) is 0 Å². The van der Waals surface area contributed by atoms with Gasteiger partial charge in [-0.2, -0.15) is 0 Å². The molecule has 0 fully saturated rings. The highest BCUT2D eigenvalue weighted by molar-refractivity contribution is 7.90. The molecule has 2 unspecified atom stereocenters. The number of carbonyl (C=O) groups excluding carboxylic acids is 1. The third kappa shape index (κ3) is 8.67. The Labute approximate surface area is 97.9 Å². The normalized spacial score (nSPS) is 15.5. The Kier molecular flexibility index (Phi) is 6.59. The summed E-state index contributed by atoms with van der Waals surface area (Å²) in [5.41, 5.74) is 0. The van der Waals surface area contributed by atoms with E-state index in [0.717, 1.165) is 12.7 Å². The molecule has 0 radical (unpaired) electrons. The van der Waals surface area contributed by atoms with E-state index in [1.165, 1.54) is 0 Å². The minimum atomic E-state index is -3.04. The van der Waals surface area contributed by atoms with Crippen LogP contribution < -0.4 is 10.6 Å². The van der Waals surface area contributed by atoms with Crippen LogP contribution >= 0.6 is 0 Å². The van der Waals surface area contributed by atoms with Gasteiger partial charge in [-0.05, 0) is 20.3 Å². The van der Waals surface area contributed by atoms with Gasteiger partial charge in [-0.15, -0.1) is 0 Å². The van der Waals surface area contributed by atoms with Crippen molar-refractivity contribution in [3.05, 3.63) is 0 Å². The first kappa shape index (κ1) is 15.4. The zero-order valence-electron chi connectivity index (χ0n) is 10.4. The minimum absolute atomic E-state index is 0.0257. The van der Waals surface area contributed by atoms with E-state index in [1.54, 1.807) is 6.92 Å². The average Bonchev–Trinajstić information content (AvgIpc) is 2.10. The van der Waals surface area contributed by atoms with Gasteiger partial charge in [0.05, 0.1) is 12.3 Å². The van der Waals surface area contributed by atoms with Crippen molar-refractivity contribution < 1.29 is 13.2 Å². The number of rotatable bonds is 7. The van der Waals surface area contributed by atoms with Gasteiger partial charge < -0.3 is 10.6 Å². The second kappa shape index (κ2) is 6.85. The van der Waals surface area contributed by atoms with Gasteiger partial charge in [0.2, 0.25) is 5.91 Å². The van der Waals surface area contributed by atoms with Crippen LogP contribution in [0.25, 0.3) is 0 Å². The Hall–Kier alpha value is -0.620. The van der Waals surface area contributed by atoms with Crippen molar-refractivity contribution >= 4 is 15.7 Å². The summed E-state index contributed by atoms with van der Waals surface area (Å²) in [7, 11) is -3.04. The van der Waals surface area contributed by atoms with Crippen molar-refractivity contribution in [2.45, 2.75) is 39.3 Å². The summed E-state index contributed by atoms with van der Waals surface area (Å²) in [6, 6.07) is -0.0582. The molecular weight excluding hydrogens is 228 g/mol. The number of hydrogen-bond acceptors (Lipinski definition) is 4. The first-order valence-corrected chi connectivity index (χ1v) is 7.51. The van der Waals surface area contributed by atoms with Crippen molar-refractivity contribution in [2.75, 3.05) is 18.6 Å². The van der Waals surface area contributed by atoms with E-state index in [0.29, 0.717) is 0 Å². The maximum Gasteiger partial charge on any atom is 0.234 e. The molecule has 0 bridgehead atoms. The van der Waals surface area contributed by atoms with Crippen LogP contribution in [0, 0.1) is 0 Å². The van der Waals surface area contributed by atoms with Gasteiger partial charge in [-0.1, -0.05) is 6.92 Å². The van der Waals surface area contributed by atoms with Crippen molar-refractivity contribution in [1.29, 1.82) is 0 Å². The molecule has 0 aromatic carbocycles. The summed E-state index contributed by atoms with van der Waals surface area (Å²) in [6.45, 7) is 5.93. The highest BCUT2D eigenvalue weighted by Gasteiger charge is 2.13. The summed E-state index contributed by atoms with van der Waals surface area (Å²) in [5.74, 6) is -0.196. The quantitative estimate of drug-likeness (QED) is 0.663. The average molecular weight is 250 g/mol. The van der Waals surface area contributed by atoms with Gasteiger partial charge in [0.1, 0.15) is 9.84 Å². The third-order valence-electron chi connectivity index (χ3n) is 2.18. The Morgan fingerprint density at radius 3 is 2.25 bits per heavy atom. The summed E-state index contributed by atoms with van der Waals surface area (Å²) < 4.78 is 21.9. The molecule has 2 atom stereocenters. The molecule has 6 heteroatoms. The molecule has 96 valence electrons. The van der Waals surface area contributed by atoms with Crippen molar-refractivity contribution in [3.63, 3.8) is 0 Å². The van der Waals surface area contributed by atoms with E-state index < -0.39 is 9.84 Å². The predicted molar refractivity (Wildman–Crippen MR) is 65.1 cm³/mol. The Bertz CT molecular complexity index is 314. The topological polar surface area (TPSA) is 75.3 Å².